The van der Waals surface area contributed by atoms with E-state index in [9.17, 15) is 13.2 Å². The Bertz CT molecular complexity index is 790. The predicted molar refractivity (Wildman–Crippen MR) is 72.8 cm³/mol. The molecule has 6 heteroatoms. The maximum atomic E-state index is 12.8. The number of nitrogens with zero attached hydrogens (tertiary/aromatic N) is 3. The lowest BCUT2D eigenvalue weighted by atomic mass is 10.1. The van der Waals surface area contributed by atoms with Gasteiger partial charge >= 0.3 is 6.18 Å². The Kier molecular flexibility index (Phi) is 3.16. The summed E-state index contributed by atoms with van der Waals surface area (Å²) in [6.07, 6.45) is -2.04. The molecule has 0 radical (unpaired) electrons. The van der Waals surface area contributed by atoms with Crippen LogP contribution in [0.15, 0.2) is 42.6 Å². The van der Waals surface area contributed by atoms with Crippen LogP contribution < -0.4 is 0 Å². The maximum Gasteiger partial charge on any atom is 0.416 e. The van der Waals surface area contributed by atoms with Crippen molar-refractivity contribution in [3.05, 3.63) is 53.9 Å². The first-order valence-electron chi connectivity index (χ1n) is 6.50. The van der Waals surface area contributed by atoms with Gasteiger partial charge in [-0.15, -0.1) is 0 Å². The third-order valence-electron chi connectivity index (χ3n) is 3.26. The van der Waals surface area contributed by atoms with E-state index in [1.54, 1.807) is 22.8 Å². The zero-order chi connectivity index (χ0) is 15.0. The van der Waals surface area contributed by atoms with Gasteiger partial charge in [-0.1, -0.05) is 19.1 Å². The van der Waals surface area contributed by atoms with Crippen molar-refractivity contribution in [2.75, 3.05) is 0 Å². The highest BCUT2D eigenvalue weighted by Gasteiger charge is 2.30. The topological polar surface area (TPSA) is 30.2 Å². The standard InChI is InChI=1S/C15H12F3N3/c1-2-12-9-14-19-7-6-13(21(14)20-12)10-4-3-5-11(8-10)15(16,17)18/h3-9H,2H2,1H3. The molecule has 0 aliphatic heterocycles. The SMILES string of the molecule is CCc1cc2nccc(-c3cccc(C(F)(F)F)c3)n2n1. The van der Waals surface area contributed by atoms with E-state index >= 15 is 0 Å². The molecule has 3 nitrogen and oxygen atoms in total. The number of aryl methyl sites for hydroxylation is 1. The molecule has 0 atom stereocenters. The molecule has 21 heavy (non-hydrogen) atoms. The summed E-state index contributed by atoms with van der Waals surface area (Å²) in [6.45, 7) is 1.96. The number of rotatable bonds is 2. The second kappa shape index (κ2) is 4.87. The highest BCUT2D eigenvalue weighted by Crippen LogP contribution is 2.32. The third kappa shape index (κ3) is 2.49. The Balaban J connectivity index is 2.18. The molecule has 0 bridgehead atoms. The maximum absolute atomic E-state index is 12.8. The molecular formula is C15H12F3N3. The van der Waals surface area contributed by atoms with Gasteiger partial charge < -0.3 is 0 Å². The lowest BCUT2D eigenvalue weighted by molar-refractivity contribution is -0.137. The summed E-state index contributed by atoms with van der Waals surface area (Å²) in [5.41, 5.74) is 1.85. The highest BCUT2D eigenvalue weighted by atomic mass is 19.4. The molecule has 0 unspecified atom stereocenters. The van der Waals surface area contributed by atoms with Gasteiger partial charge in [0, 0.05) is 17.8 Å². The van der Waals surface area contributed by atoms with Crippen molar-refractivity contribution in [1.82, 2.24) is 14.6 Å². The number of hydrogen-bond acceptors (Lipinski definition) is 2. The first-order valence-corrected chi connectivity index (χ1v) is 6.50. The first kappa shape index (κ1) is 13.6. The fourth-order valence-electron chi connectivity index (χ4n) is 2.19. The molecule has 0 spiro atoms. The molecule has 0 N–H and O–H groups in total. The Morgan fingerprint density at radius 2 is 1.95 bits per heavy atom. The zero-order valence-electron chi connectivity index (χ0n) is 11.2. The molecule has 2 heterocycles. The number of benzene rings is 1. The van der Waals surface area contributed by atoms with Crippen LogP contribution in [0, 0.1) is 0 Å². The van der Waals surface area contributed by atoms with Gasteiger partial charge in [-0.2, -0.15) is 18.3 Å². The molecule has 0 fully saturated rings. The van der Waals surface area contributed by atoms with E-state index in [0.717, 1.165) is 24.2 Å². The minimum atomic E-state index is -4.36. The number of fused-ring (bicyclic) bond motifs is 1. The van der Waals surface area contributed by atoms with Crippen molar-refractivity contribution in [1.29, 1.82) is 0 Å². The molecular weight excluding hydrogens is 279 g/mol. The average molecular weight is 291 g/mol. The van der Waals surface area contributed by atoms with Gasteiger partial charge in [-0.05, 0) is 24.6 Å². The minimum absolute atomic E-state index is 0.461. The van der Waals surface area contributed by atoms with Crippen LogP contribution in [-0.2, 0) is 12.6 Å². The van der Waals surface area contributed by atoms with Gasteiger partial charge in [0.25, 0.3) is 0 Å². The fraction of sp³-hybridized carbons (Fsp3) is 0.200. The zero-order valence-corrected chi connectivity index (χ0v) is 11.2. The first-order chi connectivity index (χ1) is 9.99. The normalized spacial score (nSPS) is 12.0. The number of alkyl halides is 3. The summed E-state index contributed by atoms with van der Waals surface area (Å²) in [5, 5.41) is 4.37. The Morgan fingerprint density at radius 1 is 1.14 bits per heavy atom. The summed E-state index contributed by atoms with van der Waals surface area (Å²) in [5.74, 6) is 0. The Labute approximate surface area is 119 Å². The lowest BCUT2D eigenvalue weighted by Gasteiger charge is -2.09. The van der Waals surface area contributed by atoms with E-state index in [1.165, 1.54) is 6.07 Å². The Morgan fingerprint density at radius 3 is 2.67 bits per heavy atom. The van der Waals surface area contributed by atoms with Crippen molar-refractivity contribution < 1.29 is 13.2 Å². The molecule has 0 aliphatic carbocycles. The molecule has 3 aromatic rings. The van der Waals surface area contributed by atoms with E-state index in [2.05, 4.69) is 10.1 Å². The quantitative estimate of drug-likeness (QED) is 0.715. The third-order valence-corrected chi connectivity index (χ3v) is 3.26. The van der Waals surface area contributed by atoms with E-state index in [4.69, 9.17) is 0 Å². The van der Waals surface area contributed by atoms with E-state index in [1.807, 2.05) is 13.0 Å². The Hall–Kier alpha value is -2.37. The van der Waals surface area contributed by atoms with Crippen LogP contribution in [0.4, 0.5) is 13.2 Å². The smallest absolute Gasteiger partial charge is 0.237 e. The van der Waals surface area contributed by atoms with Gasteiger partial charge in [-0.3, -0.25) is 0 Å². The van der Waals surface area contributed by atoms with Crippen LogP contribution in [0.2, 0.25) is 0 Å². The van der Waals surface area contributed by atoms with E-state index < -0.39 is 11.7 Å². The number of aromatic nitrogens is 3. The van der Waals surface area contributed by atoms with Gasteiger partial charge in [0.15, 0.2) is 5.65 Å². The van der Waals surface area contributed by atoms with Gasteiger partial charge in [0.2, 0.25) is 0 Å². The van der Waals surface area contributed by atoms with Crippen molar-refractivity contribution >= 4 is 5.65 Å². The summed E-state index contributed by atoms with van der Waals surface area (Å²) >= 11 is 0. The lowest BCUT2D eigenvalue weighted by Crippen LogP contribution is -2.05. The molecule has 0 aliphatic rings. The number of halogens is 3. The van der Waals surface area contributed by atoms with Crippen LogP contribution in [-0.4, -0.2) is 14.6 Å². The molecule has 0 saturated carbocycles. The van der Waals surface area contributed by atoms with E-state index in [-0.39, 0.29) is 0 Å². The summed E-state index contributed by atoms with van der Waals surface area (Å²) in [6, 6.07) is 8.71. The molecule has 108 valence electrons. The van der Waals surface area contributed by atoms with Crippen molar-refractivity contribution in [3.8, 4) is 11.3 Å². The van der Waals surface area contributed by atoms with Crippen molar-refractivity contribution in [2.45, 2.75) is 19.5 Å². The summed E-state index contributed by atoms with van der Waals surface area (Å²) < 4.78 is 40.0. The van der Waals surface area contributed by atoms with E-state index in [0.29, 0.717) is 16.9 Å². The molecule has 2 aromatic heterocycles. The number of hydrogen-bond donors (Lipinski definition) is 0. The highest BCUT2D eigenvalue weighted by molar-refractivity contribution is 5.63. The van der Waals surface area contributed by atoms with Gasteiger partial charge in [-0.25, -0.2) is 9.50 Å². The monoisotopic (exact) mass is 291 g/mol. The van der Waals surface area contributed by atoms with Crippen LogP contribution in [0.3, 0.4) is 0 Å². The van der Waals surface area contributed by atoms with Crippen molar-refractivity contribution in [2.24, 2.45) is 0 Å². The largest absolute Gasteiger partial charge is 0.416 e. The summed E-state index contributed by atoms with van der Waals surface area (Å²) in [4.78, 5) is 4.19. The van der Waals surface area contributed by atoms with Crippen molar-refractivity contribution in [3.63, 3.8) is 0 Å². The van der Waals surface area contributed by atoms with Crippen LogP contribution >= 0.6 is 0 Å². The summed E-state index contributed by atoms with van der Waals surface area (Å²) in [7, 11) is 0. The molecule has 0 amide bonds. The minimum Gasteiger partial charge on any atom is -0.237 e. The average Bonchev–Trinajstić information content (AvgIpc) is 2.89. The second-order valence-corrected chi connectivity index (χ2v) is 4.67. The predicted octanol–water partition coefficient (Wildman–Crippen LogP) is 3.98. The fourth-order valence-corrected chi connectivity index (χ4v) is 2.19. The molecule has 3 rings (SSSR count). The van der Waals surface area contributed by atoms with Crippen LogP contribution in [0.25, 0.3) is 16.9 Å². The van der Waals surface area contributed by atoms with Gasteiger partial charge in [0.05, 0.1) is 17.0 Å². The van der Waals surface area contributed by atoms with Crippen LogP contribution in [0.5, 0.6) is 0 Å². The molecule has 1 aromatic carbocycles. The van der Waals surface area contributed by atoms with Gasteiger partial charge in [0.1, 0.15) is 0 Å². The second-order valence-electron chi connectivity index (χ2n) is 4.67. The van der Waals surface area contributed by atoms with Crippen LogP contribution in [0.1, 0.15) is 18.2 Å². The molecule has 0 saturated heterocycles.